The lowest BCUT2D eigenvalue weighted by Gasteiger charge is -2.12. The van der Waals surface area contributed by atoms with Crippen molar-refractivity contribution in [2.45, 2.75) is 45.8 Å². The molecule has 0 spiro atoms. The molecule has 1 atom stereocenters. The Kier molecular flexibility index (Phi) is 4.98. The zero-order valence-corrected chi connectivity index (χ0v) is 9.94. The maximum absolute atomic E-state index is 11.5. The number of nitrogens with two attached hydrogens (primary N) is 1. The molecule has 3 N–H and O–H groups in total. The Morgan fingerprint density at radius 3 is 3.06 bits per heavy atom. The molecule has 1 heterocycles. The highest BCUT2D eigenvalue weighted by molar-refractivity contribution is 5.76. The molecule has 0 bridgehead atoms. The predicted molar refractivity (Wildman–Crippen MR) is 62.6 cm³/mol. The first-order chi connectivity index (χ1) is 7.67. The third-order valence-electron chi connectivity index (χ3n) is 2.61. The van der Waals surface area contributed by atoms with Crippen LogP contribution in [-0.2, 0) is 17.9 Å². The number of carbonyl (C=O) groups excluding carboxylic acids is 1. The van der Waals surface area contributed by atoms with E-state index in [1.165, 1.54) is 0 Å². The molecule has 5 nitrogen and oxygen atoms in total. The fourth-order valence-electron chi connectivity index (χ4n) is 1.39. The van der Waals surface area contributed by atoms with Gasteiger partial charge in [-0.2, -0.15) is 0 Å². The molecule has 1 amide bonds. The summed E-state index contributed by atoms with van der Waals surface area (Å²) in [6.07, 6.45) is 4.85. The molecular weight excluding hydrogens is 204 g/mol. The summed E-state index contributed by atoms with van der Waals surface area (Å²) in [5.41, 5.74) is 6.50. The van der Waals surface area contributed by atoms with Crippen molar-refractivity contribution in [1.82, 2.24) is 14.9 Å². The van der Waals surface area contributed by atoms with Crippen LogP contribution in [0.25, 0.3) is 0 Å². The van der Waals surface area contributed by atoms with Crippen molar-refractivity contribution in [3.63, 3.8) is 0 Å². The summed E-state index contributed by atoms with van der Waals surface area (Å²) in [4.78, 5) is 15.5. The smallest absolute Gasteiger partial charge is 0.221 e. The zero-order chi connectivity index (χ0) is 12.0. The highest BCUT2D eigenvalue weighted by Crippen LogP contribution is 2.00. The summed E-state index contributed by atoms with van der Waals surface area (Å²) in [5, 5.41) is 2.93. The molecule has 1 unspecified atom stereocenters. The average molecular weight is 224 g/mol. The van der Waals surface area contributed by atoms with E-state index in [1.807, 2.05) is 18.4 Å². The van der Waals surface area contributed by atoms with Gasteiger partial charge < -0.3 is 15.6 Å². The SMILES string of the molecule is CCC(C)NC(=O)CCn1cncc1CN. The minimum Gasteiger partial charge on any atom is -0.354 e. The van der Waals surface area contributed by atoms with E-state index in [2.05, 4.69) is 10.3 Å². The van der Waals surface area contributed by atoms with Crippen LogP contribution in [0.5, 0.6) is 0 Å². The first-order valence-electron chi connectivity index (χ1n) is 5.65. The van der Waals surface area contributed by atoms with Crippen LogP contribution < -0.4 is 11.1 Å². The van der Waals surface area contributed by atoms with Crippen molar-refractivity contribution in [1.29, 1.82) is 0 Å². The number of hydrogen-bond acceptors (Lipinski definition) is 3. The largest absolute Gasteiger partial charge is 0.354 e. The van der Waals surface area contributed by atoms with Gasteiger partial charge in [0.25, 0.3) is 0 Å². The highest BCUT2D eigenvalue weighted by atomic mass is 16.1. The van der Waals surface area contributed by atoms with Gasteiger partial charge in [0.15, 0.2) is 0 Å². The number of amides is 1. The van der Waals surface area contributed by atoms with Gasteiger partial charge in [-0.1, -0.05) is 6.92 Å². The van der Waals surface area contributed by atoms with E-state index in [9.17, 15) is 4.79 Å². The molecule has 0 aliphatic rings. The van der Waals surface area contributed by atoms with Gasteiger partial charge in [0.1, 0.15) is 0 Å². The van der Waals surface area contributed by atoms with Crippen LogP contribution >= 0.6 is 0 Å². The van der Waals surface area contributed by atoms with Crippen molar-refractivity contribution in [3.8, 4) is 0 Å². The number of nitrogens with zero attached hydrogens (tertiary/aromatic N) is 2. The topological polar surface area (TPSA) is 72.9 Å². The van der Waals surface area contributed by atoms with Gasteiger partial charge in [-0.05, 0) is 13.3 Å². The van der Waals surface area contributed by atoms with E-state index in [0.717, 1.165) is 12.1 Å². The Morgan fingerprint density at radius 1 is 1.69 bits per heavy atom. The average Bonchev–Trinajstić information content (AvgIpc) is 2.73. The summed E-state index contributed by atoms with van der Waals surface area (Å²) in [5.74, 6) is 0.0750. The van der Waals surface area contributed by atoms with Gasteiger partial charge in [0, 0.05) is 31.7 Å². The summed E-state index contributed by atoms with van der Waals surface area (Å²) < 4.78 is 1.91. The lowest BCUT2D eigenvalue weighted by atomic mass is 10.2. The van der Waals surface area contributed by atoms with Crippen LogP contribution in [0.4, 0.5) is 0 Å². The Bertz CT molecular complexity index is 334. The maximum Gasteiger partial charge on any atom is 0.221 e. The molecule has 0 aromatic carbocycles. The zero-order valence-electron chi connectivity index (χ0n) is 9.94. The summed E-state index contributed by atoms with van der Waals surface area (Å²) in [6, 6.07) is 0.240. The van der Waals surface area contributed by atoms with Gasteiger partial charge >= 0.3 is 0 Å². The van der Waals surface area contributed by atoms with E-state index < -0.39 is 0 Å². The van der Waals surface area contributed by atoms with Gasteiger partial charge in [0.05, 0.1) is 12.0 Å². The fraction of sp³-hybridized carbons (Fsp3) is 0.636. The predicted octanol–water partition coefficient (Wildman–Crippen LogP) is 0.647. The number of nitrogens with one attached hydrogen (secondary N) is 1. The standard InChI is InChI=1S/C11H20N4O/c1-3-9(2)14-11(16)4-5-15-8-13-7-10(15)6-12/h7-9H,3-6,12H2,1-2H3,(H,14,16). The number of aryl methyl sites for hydroxylation is 1. The molecule has 0 aliphatic heterocycles. The van der Waals surface area contributed by atoms with Crippen LogP contribution in [0.2, 0.25) is 0 Å². The second-order valence-corrected chi connectivity index (χ2v) is 3.91. The van der Waals surface area contributed by atoms with Crippen molar-refractivity contribution in [2.75, 3.05) is 0 Å². The Hall–Kier alpha value is -1.36. The van der Waals surface area contributed by atoms with Crippen LogP contribution in [0, 0.1) is 0 Å². The van der Waals surface area contributed by atoms with E-state index in [4.69, 9.17) is 5.73 Å². The van der Waals surface area contributed by atoms with Gasteiger partial charge in [-0.3, -0.25) is 4.79 Å². The fourth-order valence-corrected chi connectivity index (χ4v) is 1.39. The molecule has 0 radical (unpaired) electrons. The first kappa shape index (κ1) is 12.7. The number of carbonyl (C=O) groups is 1. The monoisotopic (exact) mass is 224 g/mol. The second-order valence-electron chi connectivity index (χ2n) is 3.91. The van der Waals surface area contributed by atoms with Gasteiger partial charge in [-0.25, -0.2) is 4.98 Å². The summed E-state index contributed by atoms with van der Waals surface area (Å²) in [6.45, 7) is 5.13. The van der Waals surface area contributed by atoms with E-state index in [0.29, 0.717) is 19.5 Å². The molecule has 1 rings (SSSR count). The Balaban J connectivity index is 2.37. The van der Waals surface area contributed by atoms with Crippen LogP contribution in [0.3, 0.4) is 0 Å². The Morgan fingerprint density at radius 2 is 2.44 bits per heavy atom. The normalized spacial score (nSPS) is 12.4. The molecule has 1 aromatic heterocycles. The molecule has 1 aromatic rings. The lowest BCUT2D eigenvalue weighted by Crippen LogP contribution is -2.32. The van der Waals surface area contributed by atoms with E-state index in [1.54, 1.807) is 12.5 Å². The van der Waals surface area contributed by atoms with E-state index in [-0.39, 0.29) is 11.9 Å². The third-order valence-corrected chi connectivity index (χ3v) is 2.61. The van der Waals surface area contributed by atoms with Crippen molar-refractivity contribution in [3.05, 3.63) is 18.2 Å². The van der Waals surface area contributed by atoms with Gasteiger partial charge in [0.2, 0.25) is 5.91 Å². The molecule has 5 heteroatoms. The quantitative estimate of drug-likeness (QED) is 0.745. The summed E-state index contributed by atoms with van der Waals surface area (Å²) >= 11 is 0. The highest BCUT2D eigenvalue weighted by Gasteiger charge is 2.06. The van der Waals surface area contributed by atoms with Crippen molar-refractivity contribution >= 4 is 5.91 Å². The third kappa shape index (κ3) is 3.66. The molecule has 0 aliphatic carbocycles. The van der Waals surface area contributed by atoms with Crippen molar-refractivity contribution in [2.24, 2.45) is 5.73 Å². The van der Waals surface area contributed by atoms with Gasteiger partial charge in [-0.15, -0.1) is 0 Å². The molecule has 0 fully saturated rings. The number of imidazole rings is 1. The lowest BCUT2D eigenvalue weighted by molar-refractivity contribution is -0.121. The number of aromatic nitrogens is 2. The van der Waals surface area contributed by atoms with Crippen molar-refractivity contribution < 1.29 is 4.79 Å². The molecule has 0 saturated carbocycles. The first-order valence-corrected chi connectivity index (χ1v) is 5.65. The molecule has 90 valence electrons. The molecule has 0 saturated heterocycles. The van der Waals surface area contributed by atoms with Crippen LogP contribution in [-0.4, -0.2) is 21.5 Å². The minimum atomic E-state index is 0.0750. The van der Waals surface area contributed by atoms with E-state index >= 15 is 0 Å². The van der Waals surface area contributed by atoms with Crippen LogP contribution in [0.15, 0.2) is 12.5 Å². The summed E-state index contributed by atoms with van der Waals surface area (Å²) in [7, 11) is 0. The number of hydrogen-bond donors (Lipinski definition) is 2. The number of rotatable bonds is 6. The minimum absolute atomic E-state index is 0.0750. The second kappa shape index (κ2) is 6.27. The molecular formula is C11H20N4O. The molecule has 16 heavy (non-hydrogen) atoms. The maximum atomic E-state index is 11.5. The van der Waals surface area contributed by atoms with Crippen LogP contribution in [0.1, 0.15) is 32.4 Å². The Labute approximate surface area is 96.0 Å².